The second kappa shape index (κ2) is 7.85. The van der Waals surface area contributed by atoms with E-state index >= 15 is 0 Å². The Hall–Kier alpha value is -2.77. The molecule has 3 rings (SSSR count). The van der Waals surface area contributed by atoms with E-state index in [0.717, 1.165) is 17.4 Å². The number of carbonyl (C=O) groups is 1. The molecule has 8 heteroatoms. The Morgan fingerprint density at radius 2 is 1.63 bits per heavy atom. The van der Waals surface area contributed by atoms with Gasteiger partial charge < -0.3 is 5.32 Å². The van der Waals surface area contributed by atoms with Gasteiger partial charge in [-0.2, -0.15) is 0 Å². The summed E-state index contributed by atoms with van der Waals surface area (Å²) in [4.78, 5) is 12.1. The molecule has 138 valence electrons. The van der Waals surface area contributed by atoms with Crippen molar-refractivity contribution in [1.82, 2.24) is 10.2 Å². The van der Waals surface area contributed by atoms with Crippen LogP contribution in [0.1, 0.15) is 5.56 Å². The number of anilines is 1. The molecule has 3 aromatic rings. The maximum absolute atomic E-state index is 12.1. The van der Waals surface area contributed by atoms with Crippen LogP contribution in [-0.4, -0.2) is 30.8 Å². The number of nitrogens with zero attached hydrogens (tertiary/aromatic N) is 2. The lowest BCUT2D eigenvalue weighted by molar-refractivity contribution is -0.115. The van der Waals surface area contributed by atoms with Crippen LogP contribution in [0, 0.1) is 0 Å². The number of benzene rings is 2. The minimum atomic E-state index is -3.38. The second-order valence-corrected chi connectivity index (χ2v) is 8.36. The summed E-state index contributed by atoms with van der Waals surface area (Å²) in [7, 11) is -3.38. The maximum Gasteiger partial charge on any atom is 0.228 e. The van der Waals surface area contributed by atoms with Crippen molar-refractivity contribution < 1.29 is 13.2 Å². The first-order chi connectivity index (χ1) is 12.8. The molecule has 0 saturated carbocycles. The molecule has 27 heavy (non-hydrogen) atoms. The van der Waals surface area contributed by atoms with E-state index in [0.29, 0.717) is 16.4 Å². The van der Waals surface area contributed by atoms with Crippen LogP contribution >= 0.6 is 11.6 Å². The number of aromatic nitrogens is 2. The number of sulfone groups is 1. The fourth-order valence-corrected chi connectivity index (χ4v) is 3.02. The minimum Gasteiger partial charge on any atom is -0.326 e. The van der Waals surface area contributed by atoms with Gasteiger partial charge in [0.15, 0.2) is 14.9 Å². The van der Waals surface area contributed by atoms with Crippen molar-refractivity contribution in [2.45, 2.75) is 11.4 Å². The van der Waals surface area contributed by atoms with Crippen LogP contribution in [0.2, 0.25) is 5.02 Å². The average molecular weight is 402 g/mol. The topological polar surface area (TPSA) is 89.0 Å². The normalized spacial score (nSPS) is 11.2. The number of hydrogen-bond donors (Lipinski definition) is 1. The Morgan fingerprint density at radius 3 is 2.19 bits per heavy atom. The highest BCUT2D eigenvalue weighted by Crippen LogP contribution is 2.20. The third kappa shape index (κ3) is 5.12. The van der Waals surface area contributed by atoms with Gasteiger partial charge in [0.2, 0.25) is 5.91 Å². The molecule has 0 bridgehead atoms. The fraction of sp³-hybridized carbons (Fsp3) is 0.105. The molecular weight excluding hydrogens is 386 g/mol. The van der Waals surface area contributed by atoms with Crippen LogP contribution in [0.15, 0.2) is 65.7 Å². The highest BCUT2D eigenvalue weighted by atomic mass is 35.5. The second-order valence-electron chi connectivity index (χ2n) is 5.96. The lowest BCUT2D eigenvalue weighted by atomic mass is 10.1. The number of rotatable bonds is 5. The Balaban J connectivity index is 1.66. The molecule has 0 unspecified atom stereocenters. The summed E-state index contributed by atoms with van der Waals surface area (Å²) in [6, 6.07) is 17.2. The molecule has 1 heterocycles. The molecule has 0 fully saturated rings. The molecule has 1 aromatic heterocycles. The quantitative estimate of drug-likeness (QED) is 0.707. The average Bonchev–Trinajstić information content (AvgIpc) is 2.64. The molecule has 0 radical (unpaired) electrons. The van der Waals surface area contributed by atoms with Crippen molar-refractivity contribution in [3.63, 3.8) is 0 Å². The molecule has 6 nitrogen and oxygen atoms in total. The lowest BCUT2D eigenvalue weighted by Gasteiger charge is -2.07. The van der Waals surface area contributed by atoms with Crippen LogP contribution in [0.3, 0.4) is 0 Å². The first-order valence-electron chi connectivity index (χ1n) is 8.00. The molecule has 1 N–H and O–H groups in total. The minimum absolute atomic E-state index is 0.0719. The molecule has 2 aromatic carbocycles. The zero-order valence-corrected chi connectivity index (χ0v) is 16.0. The van der Waals surface area contributed by atoms with E-state index in [4.69, 9.17) is 11.6 Å². The number of amides is 1. The van der Waals surface area contributed by atoms with Gasteiger partial charge in [0.25, 0.3) is 0 Å². The van der Waals surface area contributed by atoms with E-state index in [-0.39, 0.29) is 17.4 Å². The highest BCUT2D eigenvalue weighted by molar-refractivity contribution is 7.90. The lowest BCUT2D eigenvalue weighted by Crippen LogP contribution is -2.14. The molecule has 1 amide bonds. The van der Waals surface area contributed by atoms with E-state index in [2.05, 4.69) is 15.5 Å². The first-order valence-corrected chi connectivity index (χ1v) is 10.3. The van der Waals surface area contributed by atoms with Crippen molar-refractivity contribution in [2.75, 3.05) is 11.6 Å². The largest absolute Gasteiger partial charge is 0.326 e. The monoisotopic (exact) mass is 401 g/mol. The third-order valence-corrected chi connectivity index (χ3v) is 4.99. The van der Waals surface area contributed by atoms with Crippen molar-refractivity contribution in [1.29, 1.82) is 0 Å². The van der Waals surface area contributed by atoms with E-state index in [1.165, 1.54) is 6.07 Å². The number of carbonyl (C=O) groups excluding carboxylic acids is 1. The summed E-state index contributed by atoms with van der Waals surface area (Å²) in [6.07, 6.45) is 1.33. The Labute approximate surface area is 162 Å². The van der Waals surface area contributed by atoms with Gasteiger partial charge in [-0.15, -0.1) is 10.2 Å². The summed E-state index contributed by atoms with van der Waals surface area (Å²) < 4.78 is 22.9. The number of halogens is 1. The zero-order chi connectivity index (χ0) is 19.4. The summed E-state index contributed by atoms with van der Waals surface area (Å²) in [5, 5.41) is 11.1. The Kier molecular flexibility index (Phi) is 5.53. The Bertz CT molecular complexity index is 1050. The standard InChI is InChI=1S/C19H16ClN3O3S/c1-27(25,26)19-11-10-17(22-23-19)14-4-8-16(9-5-14)21-18(24)12-13-2-6-15(20)7-3-13/h2-11H,12H2,1H3,(H,21,24). The smallest absolute Gasteiger partial charge is 0.228 e. The van der Waals surface area contributed by atoms with Crippen LogP contribution in [-0.2, 0) is 21.1 Å². The zero-order valence-electron chi connectivity index (χ0n) is 14.4. The van der Waals surface area contributed by atoms with Gasteiger partial charge in [0.05, 0.1) is 12.1 Å². The molecule has 0 aliphatic carbocycles. The van der Waals surface area contributed by atoms with Crippen LogP contribution in [0.5, 0.6) is 0 Å². The van der Waals surface area contributed by atoms with Crippen LogP contribution < -0.4 is 5.32 Å². The van der Waals surface area contributed by atoms with Crippen molar-refractivity contribution in [2.24, 2.45) is 0 Å². The first kappa shape index (κ1) is 19.0. The maximum atomic E-state index is 12.1. The molecule has 0 atom stereocenters. The van der Waals surface area contributed by atoms with Gasteiger partial charge in [0.1, 0.15) is 0 Å². The summed E-state index contributed by atoms with van der Waals surface area (Å²) in [6.45, 7) is 0. The summed E-state index contributed by atoms with van der Waals surface area (Å²) in [5.41, 5.74) is 2.83. The molecule has 0 spiro atoms. The molecular formula is C19H16ClN3O3S. The number of nitrogens with one attached hydrogen (secondary N) is 1. The predicted octanol–water partition coefficient (Wildman–Crippen LogP) is 3.38. The van der Waals surface area contributed by atoms with Crippen LogP contribution in [0.25, 0.3) is 11.3 Å². The van der Waals surface area contributed by atoms with E-state index in [1.807, 2.05) is 12.1 Å². The van der Waals surface area contributed by atoms with Crippen LogP contribution in [0.4, 0.5) is 5.69 Å². The van der Waals surface area contributed by atoms with Gasteiger partial charge >= 0.3 is 0 Å². The van der Waals surface area contributed by atoms with E-state index in [1.54, 1.807) is 42.5 Å². The predicted molar refractivity (Wildman–Crippen MR) is 104 cm³/mol. The van der Waals surface area contributed by atoms with E-state index in [9.17, 15) is 13.2 Å². The van der Waals surface area contributed by atoms with Gasteiger partial charge in [-0.25, -0.2) is 8.42 Å². The SMILES string of the molecule is CS(=O)(=O)c1ccc(-c2ccc(NC(=O)Cc3ccc(Cl)cc3)cc2)nn1. The van der Waals surface area contributed by atoms with E-state index < -0.39 is 9.84 Å². The van der Waals surface area contributed by atoms with Gasteiger partial charge in [-0.05, 0) is 42.0 Å². The van der Waals surface area contributed by atoms with Gasteiger partial charge in [0, 0.05) is 22.5 Å². The van der Waals surface area contributed by atoms with Crippen molar-refractivity contribution in [3.8, 4) is 11.3 Å². The van der Waals surface area contributed by atoms with Crippen molar-refractivity contribution in [3.05, 3.63) is 71.2 Å². The van der Waals surface area contributed by atoms with Crippen molar-refractivity contribution >= 4 is 33.0 Å². The molecule has 0 saturated heterocycles. The third-order valence-electron chi connectivity index (χ3n) is 3.76. The fourth-order valence-electron chi connectivity index (χ4n) is 2.39. The van der Waals surface area contributed by atoms with Gasteiger partial charge in [-0.3, -0.25) is 4.79 Å². The summed E-state index contributed by atoms with van der Waals surface area (Å²) in [5.74, 6) is -0.137. The van der Waals surface area contributed by atoms with Gasteiger partial charge in [-0.1, -0.05) is 35.9 Å². The summed E-state index contributed by atoms with van der Waals surface area (Å²) >= 11 is 5.83. The highest BCUT2D eigenvalue weighted by Gasteiger charge is 2.10. The molecule has 0 aliphatic rings. The molecule has 0 aliphatic heterocycles. The Morgan fingerprint density at radius 1 is 0.963 bits per heavy atom. The number of hydrogen-bond acceptors (Lipinski definition) is 5.